The number of nitrogens with zero attached hydrogens (tertiary/aromatic N) is 2. The minimum absolute atomic E-state index is 0.295. The number of hydrogen-bond acceptors (Lipinski definition) is 6. The van der Waals surface area contributed by atoms with Gasteiger partial charge in [-0.3, -0.25) is 0 Å². The van der Waals surface area contributed by atoms with Gasteiger partial charge in [-0.2, -0.15) is 0 Å². The van der Waals surface area contributed by atoms with Gasteiger partial charge >= 0.3 is 5.97 Å². The molecule has 0 fully saturated rings. The Hall–Kier alpha value is -2.89. The number of esters is 1. The summed E-state index contributed by atoms with van der Waals surface area (Å²) in [6, 6.07) is 10.9. The highest BCUT2D eigenvalue weighted by Gasteiger charge is 2.28. The number of ether oxygens (including phenoxy) is 2. The maximum Gasteiger partial charge on any atom is 0.337 e. The Balaban J connectivity index is 1.96. The van der Waals surface area contributed by atoms with E-state index >= 15 is 0 Å². The van der Waals surface area contributed by atoms with Gasteiger partial charge in [-0.1, -0.05) is 17.3 Å². The van der Waals surface area contributed by atoms with Gasteiger partial charge in [0.15, 0.2) is 0 Å². The maximum atomic E-state index is 11.7. The third-order valence-electron chi connectivity index (χ3n) is 3.60. The number of benzene rings is 1. The van der Waals surface area contributed by atoms with Crippen molar-refractivity contribution < 1.29 is 19.1 Å². The first-order valence-corrected chi connectivity index (χ1v) is 7.13. The molecule has 1 atom stereocenters. The SMILES string of the molecule is CO/N=C1/CC(c2cccc(C(=O)OC)c2)Oc2ncccc21. The van der Waals surface area contributed by atoms with Gasteiger partial charge in [0.2, 0.25) is 5.88 Å². The Kier molecular flexibility index (Phi) is 4.23. The third-order valence-corrected chi connectivity index (χ3v) is 3.60. The van der Waals surface area contributed by atoms with Gasteiger partial charge in [0, 0.05) is 12.6 Å². The van der Waals surface area contributed by atoms with Crippen LogP contribution in [0.3, 0.4) is 0 Å². The van der Waals surface area contributed by atoms with Gasteiger partial charge in [0.25, 0.3) is 0 Å². The Morgan fingerprint density at radius 3 is 2.96 bits per heavy atom. The highest BCUT2D eigenvalue weighted by molar-refractivity contribution is 6.03. The van der Waals surface area contributed by atoms with Crippen LogP contribution in [0.15, 0.2) is 47.8 Å². The molecule has 1 aliphatic rings. The Morgan fingerprint density at radius 2 is 2.17 bits per heavy atom. The van der Waals surface area contributed by atoms with E-state index in [9.17, 15) is 4.79 Å². The first-order chi connectivity index (χ1) is 11.2. The molecule has 2 heterocycles. The molecule has 3 rings (SSSR count). The molecular formula is C17H16N2O4. The normalized spacial score (nSPS) is 18.0. The van der Waals surface area contributed by atoms with Crippen LogP contribution in [0.4, 0.5) is 0 Å². The molecule has 0 radical (unpaired) electrons. The molecule has 0 amide bonds. The quantitative estimate of drug-likeness (QED) is 0.644. The molecule has 0 bridgehead atoms. The fraction of sp³-hybridized carbons (Fsp3) is 0.235. The van der Waals surface area contributed by atoms with Gasteiger partial charge in [-0.25, -0.2) is 9.78 Å². The van der Waals surface area contributed by atoms with Gasteiger partial charge in [-0.05, 0) is 29.8 Å². The molecule has 0 N–H and O–H groups in total. The van der Waals surface area contributed by atoms with Crippen LogP contribution in [0.5, 0.6) is 5.88 Å². The molecular weight excluding hydrogens is 296 g/mol. The van der Waals surface area contributed by atoms with Crippen molar-refractivity contribution in [3.63, 3.8) is 0 Å². The standard InChI is InChI=1S/C17H16N2O4/c1-21-17(20)12-6-3-5-11(9-12)15-10-14(19-22-2)13-7-4-8-18-16(13)23-15/h3-9,15H,10H2,1-2H3/b19-14-. The summed E-state index contributed by atoms with van der Waals surface area (Å²) in [6.45, 7) is 0. The predicted molar refractivity (Wildman–Crippen MR) is 83.6 cm³/mol. The van der Waals surface area contributed by atoms with Gasteiger partial charge in [0.1, 0.15) is 13.2 Å². The number of rotatable bonds is 3. The van der Waals surface area contributed by atoms with E-state index < -0.39 is 0 Å². The number of carbonyl (C=O) groups excluding carboxylic acids is 1. The zero-order chi connectivity index (χ0) is 16.2. The summed E-state index contributed by atoms with van der Waals surface area (Å²) >= 11 is 0. The van der Waals surface area contributed by atoms with E-state index in [4.69, 9.17) is 14.3 Å². The predicted octanol–water partition coefficient (Wildman–Crippen LogP) is 2.74. The lowest BCUT2D eigenvalue weighted by Crippen LogP contribution is -2.22. The number of carbonyl (C=O) groups is 1. The monoisotopic (exact) mass is 312 g/mol. The second-order valence-electron chi connectivity index (χ2n) is 5.00. The molecule has 1 aromatic heterocycles. The maximum absolute atomic E-state index is 11.7. The van der Waals surface area contributed by atoms with E-state index in [0.29, 0.717) is 17.9 Å². The summed E-state index contributed by atoms with van der Waals surface area (Å²) in [6.07, 6.45) is 1.89. The molecule has 1 unspecified atom stereocenters. The summed E-state index contributed by atoms with van der Waals surface area (Å²) in [5.41, 5.74) is 2.91. The molecule has 0 spiro atoms. The zero-order valence-corrected chi connectivity index (χ0v) is 12.9. The average Bonchev–Trinajstić information content (AvgIpc) is 2.61. The molecule has 1 aliphatic heterocycles. The van der Waals surface area contributed by atoms with Crippen LogP contribution < -0.4 is 4.74 Å². The number of hydrogen-bond donors (Lipinski definition) is 0. The van der Waals surface area contributed by atoms with Crippen LogP contribution in [0.25, 0.3) is 0 Å². The van der Waals surface area contributed by atoms with Crippen LogP contribution in [0.2, 0.25) is 0 Å². The topological polar surface area (TPSA) is 70.0 Å². The van der Waals surface area contributed by atoms with Crippen LogP contribution in [0.1, 0.15) is 34.0 Å². The molecule has 0 saturated carbocycles. The second-order valence-corrected chi connectivity index (χ2v) is 5.00. The fourth-order valence-corrected chi connectivity index (χ4v) is 2.53. The van der Waals surface area contributed by atoms with Crippen molar-refractivity contribution in [1.29, 1.82) is 0 Å². The number of fused-ring (bicyclic) bond motifs is 1. The van der Waals surface area contributed by atoms with E-state index in [2.05, 4.69) is 10.1 Å². The molecule has 23 heavy (non-hydrogen) atoms. The Labute approximate surface area is 133 Å². The fourth-order valence-electron chi connectivity index (χ4n) is 2.53. The van der Waals surface area contributed by atoms with Crippen molar-refractivity contribution in [1.82, 2.24) is 4.98 Å². The van der Waals surface area contributed by atoms with Crippen LogP contribution in [-0.4, -0.2) is 30.9 Å². The molecule has 118 valence electrons. The van der Waals surface area contributed by atoms with Crippen molar-refractivity contribution in [2.45, 2.75) is 12.5 Å². The lowest BCUT2D eigenvalue weighted by molar-refractivity contribution is 0.0600. The van der Waals surface area contributed by atoms with E-state index in [-0.39, 0.29) is 12.1 Å². The van der Waals surface area contributed by atoms with Gasteiger partial charge < -0.3 is 14.3 Å². The smallest absolute Gasteiger partial charge is 0.337 e. The molecule has 2 aromatic rings. The number of pyridine rings is 1. The molecule has 0 aliphatic carbocycles. The van der Waals surface area contributed by atoms with Gasteiger partial charge in [-0.15, -0.1) is 0 Å². The summed E-state index contributed by atoms with van der Waals surface area (Å²) in [4.78, 5) is 20.9. The first kappa shape index (κ1) is 15.0. The molecule has 1 aromatic carbocycles. The lowest BCUT2D eigenvalue weighted by atomic mass is 9.96. The highest BCUT2D eigenvalue weighted by Crippen LogP contribution is 2.34. The lowest BCUT2D eigenvalue weighted by Gasteiger charge is -2.26. The minimum atomic E-state index is -0.382. The van der Waals surface area contributed by atoms with E-state index in [0.717, 1.165) is 16.8 Å². The highest BCUT2D eigenvalue weighted by atomic mass is 16.6. The second kappa shape index (κ2) is 6.48. The van der Waals surface area contributed by atoms with E-state index in [1.165, 1.54) is 14.2 Å². The first-order valence-electron chi connectivity index (χ1n) is 7.13. The summed E-state index contributed by atoms with van der Waals surface area (Å²) in [5, 5.41) is 4.08. The number of oxime groups is 1. The molecule has 6 nitrogen and oxygen atoms in total. The van der Waals surface area contributed by atoms with Crippen LogP contribution >= 0.6 is 0 Å². The molecule has 0 saturated heterocycles. The van der Waals surface area contributed by atoms with E-state index in [1.807, 2.05) is 18.2 Å². The Morgan fingerprint density at radius 1 is 1.30 bits per heavy atom. The molecule has 6 heteroatoms. The van der Waals surface area contributed by atoms with Crippen LogP contribution in [0, 0.1) is 0 Å². The summed E-state index contributed by atoms with van der Waals surface area (Å²) < 4.78 is 10.7. The van der Waals surface area contributed by atoms with Crippen molar-refractivity contribution in [3.05, 3.63) is 59.3 Å². The Bertz CT molecular complexity index is 758. The van der Waals surface area contributed by atoms with Crippen molar-refractivity contribution >= 4 is 11.7 Å². The van der Waals surface area contributed by atoms with Crippen molar-refractivity contribution in [2.75, 3.05) is 14.2 Å². The number of methoxy groups -OCH3 is 1. The summed E-state index contributed by atoms with van der Waals surface area (Å²) in [5.74, 6) is 0.120. The summed E-state index contributed by atoms with van der Waals surface area (Å²) in [7, 11) is 2.86. The average molecular weight is 312 g/mol. The number of aromatic nitrogens is 1. The third kappa shape index (κ3) is 3.01. The van der Waals surface area contributed by atoms with E-state index in [1.54, 1.807) is 24.4 Å². The van der Waals surface area contributed by atoms with Crippen molar-refractivity contribution in [2.24, 2.45) is 5.16 Å². The van der Waals surface area contributed by atoms with Gasteiger partial charge in [0.05, 0.1) is 23.9 Å². The largest absolute Gasteiger partial charge is 0.469 e. The van der Waals surface area contributed by atoms with Crippen molar-refractivity contribution in [3.8, 4) is 5.88 Å². The zero-order valence-electron chi connectivity index (χ0n) is 12.9. The van der Waals surface area contributed by atoms with Crippen LogP contribution in [-0.2, 0) is 9.57 Å². The minimum Gasteiger partial charge on any atom is -0.469 e.